The second-order valence-corrected chi connectivity index (χ2v) is 6.84. The van der Waals surface area contributed by atoms with Gasteiger partial charge in [0.2, 0.25) is 0 Å². The molecule has 132 valence electrons. The standard InChI is InChI=1S/C20H23NO4/c1-20(2,3)15-8-10-16(11-9-15)25-13-18(22)21-17-7-5-4-6-14(17)12-19(23)24/h4-11H,12-13H2,1-3H3,(H,21,22)(H,23,24). The Morgan fingerprint density at radius 3 is 2.28 bits per heavy atom. The number of hydrogen-bond acceptors (Lipinski definition) is 3. The predicted molar refractivity (Wildman–Crippen MR) is 97.0 cm³/mol. The Labute approximate surface area is 147 Å². The van der Waals surface area contributed by atoms with E-state index in [1.165, 1.54) is 5.56 Å². The number of carbonyl (C=O) groups excluding carboxylic acids is 1. The van der Waals surface area contributed by atoms with Crippen molar-refractivity contribution in [2.75, 3.05) is 11.9 Å². The van der Waals surface area contributed by atoms with Gasteiger partial charge in [-0.05, 0) is 34.7 Å². The number of carbonyl (C=O) groups is 2. The Kier molecular flexibility index (Phi) is 5.80. The van der Waals surface area contributed by atoms with Crippen molar-refractivity contribution in [3.05, 3.63) is 59.7 Å². The summed E-state index contributed by atoms with van der Waals surface area (Å²) in [6.45, 7) is 6.25. The number of ether oxygens (including phenoxy) is 1. The van der Waals surface area contributed by atoms with Crippen molar-refractivity contribution in [1.29, 1.82) is 0 Å². The SMILES string of the molecule is CC(C)(C)c1ccc(OCC(=O)Nc2ccccc2CC(=O)O)cc1. The summed E-state index contributed by atoms with van der Waals surface area (Å²) >= 11 is 0. The molecular weight excluding hydrogens is 318 g/mol. The zero-order valence-electron chi connectivity index (χ0n) is 14.7. The predicted octanol–water partition coefficient (Wildman–Crippen LogP) is 3.63. The molecular formula is C20H23NO4. The minimum Gasteiger partial charge on any atom is -0.484 e. The number of rotatable bonds is 6. The zero-order valence-corrected chi connectivity index (χ0v) is 14.7. The molecule has 0 atom stereocenters. The third-order valence-electron chi connectivity index (χ3n) is 3.72. The van der Waals surface area contributed by atoms with Gasteiger partial charge < -0.3 is 15.2 Å². The number of anilines is 1. The first-order chi connectivity index (χ1) is 11.8. The second kappa shape index (κ2) is 7.83. The first kappa shape index (κ1) is 18.5. The zero-order chi connectivity index (χ0) is 18.4. The van der Waals surface area contributed by atoms with Crippen molar-refractivity contribution in [2.24, 2.45) is 0 Å². The highest BCUT2D eigenvalue weighted by atomic mass is 16.5. The lowest BCUT2D eigenvalue weighted by molar-refractivity contribution is -0.136. The number of para-hydroxylation sites is 1. The molecule has 5 heteroatoms. The number of hydrogen-bond donors (Lipinski definition) is 2. The van der Waals surface area contributed by atoms with Crippen LogP contribution in [0, 0.1) is 0 Å². The van der Waals surface area contributed by atoms with Gasteiger partial charge in [0, 0.05) is 5.69 Å². The van der Waals surface area contributed by atoms with E-state index in [0.717, 1.165) is 0 Å². The molecule has 25 heavy (non-hydrogen) atoms. The van der Waals surface area contributed by atoms with Crippen molar-refractivity contribution < 1.29 is 19.4 Å². The van der Waals surface area contributed by atoms with Gasteiger partial charge in [-0.25, -0.2) is 0 Å². The summed E-state index contributed by atoms with van der Waals surface area (Å²) < 4.78 is 5.50. The molecule has 0 saturated heterocycles. The smallest absolute Gasteiger partial charge is 0.307 e. The molecule has 0 saturated carbocycles. The topological polar surface area (TPSA) is 75.6 Å². The van der Waals surface area contributed by atoms with Crippen molar-refractivity contribution in [3.8, 4) is 5.75 Å². The lowest BCUT2D eigenvalue weighted by Gasteiger charge is -2.19. The number of benzene rings is 2. The van der Waals surface area contributed by atoms with E-state index in [9.17, 15) is 9.59 Å². The lowest BCUT2D eigenvalue weighted by atomic mass is 9.87. The Hall–Kier alpha value is -2.82. The fourth-order valence-corrected chi connectivity index (χ4v) is 2.35. The van der Waals surface area contributed by atoms with Crippen LogP contribution in [0.2, 0.25) is 0 Å². The van der Waals surface area contributed by atoms with Crippen LogP contribution in [0.4, 0.5) is 5.69 Å². The molecule has 2 aromatic carbocycles. The van der Waals surface area contributed by atoms with E-state index < -0.39 is 5.97 Å². The summed E-state index contributed by atoms with van der Waals surface area (Å²) in [5.74, 6) is -0.670. The van der Waals surface area contributed by atoms with E-state index >= 15 is 0 Å². The maximum absolute atomic E-state index is 12.1. The average Bonchev–Trinajstić information content (AvgIpc) is 2.54. The Morgan fingerprint density at radius 1 is 1.04 bits per heavy atom. The molecule has 0 aromatic heterocycles. The molecule has 2 rings (SSSR count). The van der Waals surface area contributed by atoms with E-state index in [1.54, 1.807) is 24.3 Å². The molecule has 0 aliphatic carbocycles. The summed E-state index contributed by atoms with van der Waals surface area (Å²) in [4.78, 5) is 22.9. The number of carboxylic acid groups (broad SMARTS) is 1. The molecule has 0 heterocycles. The van der Waals surface area contributed by atoms with Crippen molar-refractivity contribution in [1.82, 2.24) is 0 Å². The third-order valence-corrected chi connectivity index (χ3v) is 3.72. The maximum atomic E-state index is 12.1. The van der Waals surface area contributed by atoms with Gasteiger partial charge in [0.25, 0.3) is 5.91 Å². The highest BCUT2D eigenvalue weighted by Gasteiger charge is 2.13. The lowest BCUT2D eigenvalue weighted by Crippen LogP contribution is -2.21. The van der Waals surface area contributed by atoms with Gasteiger partial charge in [-0.1, -0.05) is 51.1 Å². The Bertz CT molecular complexity index is 745. The van der Waals surface area contributed by atoms with Crippen molar-refractivity contribution in [2.45, 2.75) is 32.6 Å². The van der Waals surface area contributed by atoms with Crippen LogP contribution in [0.3, 0.4) is 0 Å². The van der Waals surface area contributed by atoms with Gasteiger partial charge >= 0.3 is 5.97 Å². The van der Waals surface area contributed by atoms with Crippen molar-refractivity contribution >= 4 is 17.6 Å². The Morgan fingerprint density at radius 2 is 1.68 bits per heavy atom. The maximum Gasteiger partial charge on any atom is 0.307 e. The van der Waals surface area contributed by atoms with E-state index in [4.69, 9.17) is 9.84 Å². The third kappa shape index (κ3) is 5.64. The summed E-state index contributed by atoms with van der Waals surface area (Å²) in [6.07, 6.45) is -0.147. The first-order valence-corrected chi connectivity index (χ1v) is 8.08. The molecule has 2 aromatic rings. The molecule has 0 radical (unpaired) electrons. The summed E-state index contributed by atoms with van der Waals surface area (Å²) in [6, 6.07) is 14.5. The molecule has 2 N–H and O–H groups in total. The average molecular weight is 341 g/mol. The van der Waals surface area contributed by atoms with Crippen LogP contribution in [0.1, 0.15) is 31.9 Å². The Balaban J connectivity index is 1.94. The highest BCUT2D eigenvalue weighted by molar-refractivity contribution is 5.93. The normalized spacial score (nSPS) is 11.0. The van der Waals surface area contributed by atoms with Crippen molar-refractivity contribution in [3.63, 3.8) is 0 Å². The molecule has 1 amide bonds. The van der Waals surface area contributed by atoms with Gasteiger partial charge in [-0.15, -0.1) is 0 Å². The van der Waals surface area contributed by atoms with E-state index in [2.05, 4.69) is 26.1 Å². The summed E-state index contributed by atoms with van der Waals surface area (Å²) in [5.41, 5.74) is 2.29. The monoisotopic (exact) mass is 341 g/mol. The molecule has 5 nitrogen and oxygen atoms in total. The second-order valence-electron chi connectivity index (χ2n) is 6.84. The van der Waals surface area contributed by atoms with Crippen LogP contribution >= 0.6 is 0 Å². The quantitative estimate of drug-likeness (QED) is 0.841. The fourth-order valence-electron chi connectivity index (χ4n) is 2.35. The summed E-state index contributed by atoms with van der Waals surface area (Å²) in [5, 5.41) is 11.6. The van der Waals surface area contributed by atoms with Crippen LogP contribution in [-0.2, 0) is 21.4 Å². The molecule has 0 spiro atoms. The van der Waals surface area contributed by atoms with Crippen LogP contribution in [0.15, 0.2) is 48.5 Å². The van der Waals surface area contributed by atoms with Gasteiger partial charge in [0.15, 0.2) is 6.61 Å². The van der Waals surface area contributed by atoms with E-state index in [0.29, 0.717) is 17.0 Å². The number of aliphatic carboxylic acids is 1. The fraction of sp³-hybridized carbons (Fsp3) is 0.300. The van der Waals surface area contributed by atoms with Gasteiger partial charge in [0.05, 0.1) is 6.42 Å². The minimum atomic E-state index is -0.947. The number of carboxylic acids is 1. The molecule has 0 bridgehead atoms. The number of amides is 1. The molecule has 0 unspecified atom stereocenters. The summed E-state index contributed by atoms with van der Waals surface area (Å²) in [7, 11) is 0. The van der Waals surface area contributed by atoms with Crippen LogP contribution in [0.5, 0.6) is 5.75 Å². The van der Waals surface area contributed by atoms with Gasteiger partial charge in [-0.3, -0.25) is 9.59 Å². The molecule has 0 fully saturated rings. The number of nitrogens with one attached hydrogen (secondary N) is 1. The van der Waals surface area contributed by atoms with Gasteiger partial charge in [-0.2, -0.15) is 0 Å². The molecule has 0 aliphatic heterocycles. The first-order valence-electron chi connectivity index (χ1n) is 8.08. The van der Waals surface area contributed by atoms with E-state index in [-0.39, 0.29) is 24.3 Å². The largest absolute Gasteiger partial charge is 0.484 e. The van der Waals surface area contributed by atoms with Crippen LogP contribution < -0.4 is 10.1 Å². The van der Waals surface area contributed by atoms with Crippen LogP contribution in [-0.4, -0.2) is 23.6 Å². The highest BCUT2D eigenvalue weighted by Crippen LogP contribution is 2.24. The van der Waals surface area contributed by atoms with Crippen LogP contribution in [0.25, 0.3) is 0 Å². The molecule has 0 aliphatic rings. The van der Waals surface area contributed by atoms with E-state index in [1.807, 2.05) is 24.3 Å². The minimum absolute atomic E-state index is 0.0593. The van der Waals surface area contributed by atoms with Gasteiger partial charge in [0.1, 0.15) is 5.75 Å².